The maximum absolute atomic E-state index is 12.0. The van der Waals surface area contributed by atoms with Gasteiger partial charge in [0.05, 0.1) is 17.1 Å². The Morgan fingerprint density at radius 3 is 2.41 bits per heavy atom. The zero-order valence-corrected chi connectivity index (χ0v) is 14.9. The molecular weight excluding hydrogens is 366 g/mol. The third kappa shape index (κ3) is 5.55. The van der Waals surface area contributed by atoms with E-state index in [2.05, 4.69) is 15.6 Å². The van der Waals surface area contributed by atoms with E-state index < -0.39 is 11.9 Å². The number of anilines is 1. The number of imide groups is 1. The lowest BCUT2D eigenvalue weighted by molar-refractivity contribution is -0.119. The second kappa shape index (κ2) is 8.82. The van der Waals surface area contributed by atoms with Gasteiger partial charge in [-0.25, -0.2) is 4.79 Å². The molecule has 3 aromatic rings. The van der Waals surface area contributed by atoms with E-state index in [0.29, 0.717) is 17.2 Å². The minimum absolute atomic E-state index is 0.112. The average molecular weight is 382 g/mol. The number of nitrogens with one attached hydrogen (secondary N) is 2. The summed E-state index contributed by atoms with van der Waals surface area (Å²) in [5.74, 6) is 0.718. The molecule has 0 atom stereocenters. The summed E-state index contributed by atoms with van der Waals surface area (Å²) >= 11 is 6.19. The predicted octanol–water partition coefficient (Wildman–Crippen LogP) is 4.42. The molecule has 0 saturated heterocycles. The molecule has 0 saturated carbocycles. The number of ether oxygens (including phenoxy) is 1. The molecule has 0 fully saturated rings. The van der Waals surface area contributed by atoms with E-state index in [-0.39, 0.29) is 11.4 Å². The van der Waals surface area contributed by atoms with E-state index in [0.717, 1.165) is 5.56 Å². The highest BCUT2D eigenvalue weighted by atomic mass is 35.5. The van der Waals surface area contributed by atoms with Crippen LogP contribution in [0.1, 0.15) is 5.56 Å². The van der Waals surface area contributed by atoms with E-state index in [1.165, 1.54) is 0 Å². The van der Waals surface area contributed by atoms with Crippen molar-refractivity contribution in [2.45, 2.75) is 6.42 Å². The van der Waals surface area contributed by atoms with Crippen LogP contribution in [0.2, 0.25) is 5.02 Å². The number of benzene rings is 2. The predicted molar refractivity (Wildman–Crippen MR) is 103 cm³/mol. The summed E-state index contributed by atoms with van der Waals surface area (Å²) in [7, 11) is 0. The van der Waals surface area contributed by atoms with Crippen LogP contribution in [0.25, 0.3) is 0 Å². The number of amides is 3. The van der Waals surface area contributed by atoms with Crippen LogP contribution in [0.15, 0.2) is 73.1 Å². The van der Waals surface area contributed by atoms with Gasteiger partial charge in [0.1, 0.15) is 11.5 Å². The number of aromatic nitrogens is 1. The highest BCUT2D eigenvalue weighted by molar-refractivity contribution is 6.33. The summed E-state index contributed by atoms with van der Waals surface area (Å²) < 4.78 is 5.64. The second-order valence-electron chi connectivity index (χ2n) is 5.59. The van der Waals surface area contributed by atoms with Crippen molar-refractivity contribution in [1.82, 2.24) is 10.3 Å². The van der Waals surface area contributed by atoms with Gasteiger partial charge in [0.2, 0.25) is 5.91 Å². The van der Waals surface area contributed by atoms with Crippen LogP contribution in [0, 0.1) is 0 Å². The minimum Gasteiger partial charge on any atom is -0.457 e. The molecule has 0 aliphatic rings. The summed E-state index contributed by atoms with van der Waals surface area (Å²) in [5.41, 5.74) is 1.18. The Morgan fingerprint density at radius 1 is 0.963 bits per heavy atom. The summed E-state index contributed by atoms with van der Waals surface area (Å²) in [6.45, 7) is 0. The Labute approximate surface area is 161 Å². The zero-order chi connectivity index (χ0) is 19.1. The van der Waals surface area contributed by atoms with Gasteiger partial charge in [-0.2, -0.15) is 0 Å². The fraction of sp³-hybridized carbons (Fsp3) is 0.0500. The van der Waals surface area contributed by atoms with Crippen molar-refractivity contribution in [3.8, 4) is 11.5 Å². The van der Waals surface area contributed by atoms with Gasteiger partial charge in [-0.1, -0.05) is 41.9 Å². The molecule has 1 aromatic heterocycles. The number of rotatable bonds is 5. The molecule has 0 unspecified atom stereocenters. The number of halogens is 1. The normalized spacial score (nSPS) is 10.1. The number of nitrogens with zero attached hydrogens (tertiary/aromatic N) is 1. The minimum atomic E-state index is -0.652. The summed E-state index contributed by atoms with van der Waals surface area (Å²) in [5, 5.41) is 5.11. The molecule has 6 nitrogen and oxygen atoms in total. The van der Waals surface area contributed by atoms with Crippen LogP contribution >= 0.6 is 11.6 Å². The number of hydrogen-bond donors (Lipinski definition) is 2. The van der Waals surface area contributed by atoms with Crippen molar-refractivity contribution in [2.24, 2.45) is 0 Å². The third-order valence-electron chi connectivity index (χ3n) is 3.53. The topological polar surface area (TPSA) is 80.3 Å². The summed E-state index contributed by atoms with van der Waals surface area (Å²) in [6.07, 6.45) is 3.34. The van der Waals surface area contributed by atoms with E-state index in [9.17, 15) is 9.59 Å². The highest BCUT2D eigenvalue weighted by Crippen LogP contribution is 2.29. The highest BCUT2D eigenvalue weighted by Gasteiger charge is 2.11. The summed E-state index contributed by atoms with van der Waals surface area (Å²) in [6, 6.07) is 16.8. The van der Waals surface area contributed by atoms with Gasteiger partial charge >= 0.3 is 6.03 Å². The fourth-order valence-corrected chi connectivity index (χ4v) is 2.53. The van der Waals surface area contributed by atoms with E-state index in [1.54, 1.807) is 42.7 Å². The number of carbonyl (C=O) groups is 2. The van der Waals surface area contributed by atoms with E-state index >= 15 is 0 Å². The molecule has 136 valence electrons. The first-order valence-electron chi connectivity index (χ1n) is 8.12. The lowest BCUT2D eigenvalue weighted by Gasteiger charge is -2.10. The quantitative estimate of drug-likeness (QED) is 0.685. The molecule has 2 aromatic carbocycles. The number of urea groups is 1. The Kier molecular flexibility index (Phi) is 6.02. The lowest BCUT2D eigenvalue weighted by Crippen LogP contribution is -2.35. The van der Waals surface area contributed by atoms with Gasteiger partial charge in [0.25, 0.3) is 0 Å². The van der Waals surface area contributed by atoms with Crippen molar-refractivity contribution >= 4 is 29.2 Å². The van der Waals surface area contributed by atoms with Crippen molar-refractivity contribution in [1.29, 1.82) is 0 Å². The average Bonchev–Trinajstić information content (AvgIpc) is 2.65. The third-order valence-corrected chi connectivity index (χ3v) is 3.85. The van der Waals surface area contributed by atoms with Crippen LogP contribution in [-0.4, -0.2) is 16.9 Å². The lowest BCUT2D eigenvalue weighted by atomic mass is 10.1. The number of carbonyl (C=O) groups excluding carboxylic acids is 2. The second-order valence-corrected chi connectivity index (χ2v) is 6.00. The van der Waals surface area contributed by atoms with Crippen LogP contribution in [0.4, 0.5) is 10.5 Å². The smallest absolute Gasteiger partial charge is 0.325 e. The van der Waals surface area contributed by atoms with Crippen molar-refractivity contribution in [2.75, 3.05) is 5.32 Å². The standard InChI is InChI=1S/C20H16ClN3O3/c21-17-13-16(27-15-8-10-22-11-9-15)6-7-18(17)23-20(26)24-19(25)12-14-4-2-1-3-5-14/h1-11,13H,12H2,(H2,23,24,25,26). The van der Waals surface area contributed by atoms with Crippen LogP contribution in [0.5, 0.6) is 11.5 Å². The monoisotopic (exact) mass is 381 g/mol. The maximum atomic E-state index is 12.0. The zero-order valence-electron chi connectivity index (χ0n) is 14.2. The number of pyridine rings is 1. The molecule has 27 heavy (non-hydrogen) atoms. The molecule has 0 radical (unpaired) electrons. The van der Waals surface area contributed by atoms with Crippen molar-refractivity contribution in [3.05, 3.63) is 83.6 Å². The van der Waals surface area contributed by atoms with Crippen molar-refractivity contribution in [3.63, 3.8) is 0 Å². The molecule has 0 aliphatic heterocycles. The van der Waals surface area contributed by atoms with Crippen LogP contribution < -0.4 is 15.4 Å². The maximum Gasteiger partial charge on any atom is 0.325 e. The van der Waals surface area contributed by atoms with E-state index in [1.807, 2.05) is 30.3 Å². The Hall–Kier alpha value is -3.38. The number of hydrogen-bond acceptors (Lipinski definition) is 4. The molecule has 3 amide bonds. The summed E-state index contributed by atoms with van der Waals surface area (Å²) in [4.78, 5) is 27.8. The molecule has 7 heteroatoms. The van der Waals surface area contributed by atoms with Crippen LogP contribution in [0.3, 0.4) is 0 Å². The molecule has 2 N–H and O–H groups in total. The molecule has 0 aliphatic carbocycles. The van der Waals surface area contributed by atoms with E-state index in [4.69, 9.17) is 16.3 Å². The Bertz CT molecular complexity index is 934. The van der Waals surface area contributed by atoms with Gasteiger partial charge in [-0.15, -0.1) is 0 Å². The molecular formula is C20H16ClN3O3. The Morgan fingerprint density at radius 2 is 1.70 bits per heavy atom. The van der Waals surface area contributed by atoms with Gasteiger partial charge in [0, 0.05) is 18.5 Å². The molecule has 3 rings (SSSR count). The molecule has 0 bridgehead atoms. The fourth-order valence-electron chi connectivity index (χ4n) is 2.31. The van der Waals surface area contributed by atoms with Gasteiger partial charge in [0.15, 0.2) is 0 Å². The molecule has 0 spiro atoms. The molecule has 1 heterocycles. The Balaban J connectivity index is 1.56. The van der Waals surface area contributed by atoms with Gasteiger partial charge in [-0.05, 0) is 29.8 Å². The largest absolute Gasteiger partial charge is 0.457 e. The SMILES string of the molecule is O=C(Cc1ccccc1)NC(=O)Nc1ccc(Oc2ccncc2)cc1Cl. The first kappa shape index (κ1) is 18.4. The first-order chi connectivity index (χ1) is 13.1. The first-order valence-corrected chi connectivity index (χ1v) is 8.50. The van der Waals surface area contributed by atoms with Gasteiger partial charge < -0.3 is 10.1 Å². The van der Waals surface area contributed by atoms with Crippen LogP contribution in [-0.2, 0) is 11.2 Å². The van der Waals surface area contributed by atoms with Gasteiger partial charge in [-0.3, -0.25) is 15.1 Å². The van der Waals surface area contributed by atoms with Crippen molar-refractivity contribution < 1.29 is 14.3 Å².